The quantitative estimate of drug-likeness (QED) is 0.644. The van der Waals surface area contributed by atoms with Crippen LogP contribution in [-0.2, 0) is 0 Å². The van der Waals surface area contributed by atoms with Gasteiger partial charge in [0.05, 0.1) is 22.9 Å². The van der Waals surface area contributed by atoms with Gasteiger partial charge >= 0.3 is 0 Å². The predicted molar refractivity (Wildman–Crippen MR) is 79.2 cm³/mol. The van der Waals surface area contributed by atoms with Gasteiger partial charge in [0, 0.05) is 5.56 Å². The average Bonchev–Trinajstić information content (AvgIpc) is 2.40. The molecule has 3 rings (SSSR count). The molecule has 0 atom stereocenters. The lowest BCUT2D eigenvalue weighted by Crippen LogP contribution is -1.91. The second-order valence-electron chi connectivity index (χ2n) is 5.05. The van der Waals surface area contributed by atoms with Crippen LogP contribution >= 0.6 is 0 Å². The molecule has 0 radical (unpaired) electrons. The molecule has 0 saturated heterocycles. The molecule has 0 saturated carbocycles. The Labute approximate surface area is 113 Å². The Balaban J connectivity index is 2.16. The summed E-state index contributed by atoms with van der Waals surface area (Å²) in [7, 11) is 0. The Hall–Kier alpha value is -2.22. The highest BCUT2D eigenvalue weighted by molar-refractivity contribution is 5.78. The zero-order chi connectivity index (χ0) is 13.4. The highest BCUT2D eigenvalue weighted by Gasteiger charge is 2.04. The van der Waals surface area contributed by atoms with Gasteiger partial charge in [0.25, 0.3) is 0 Å². The molecule has 2 aromatic carbocycles. The van der Waals surface area contributed by atoms with Gasteiger partial charge in [0.2, 0.25) is 0 Å². The summed E-state index contributed by atoms with van der Waals surface area (Å²) in [6, 6.07) is 12.6. The molecule has 0 unspecified atom stereocenters. The monoisotopic (exact) mass is 248 g/mol. The van der Waals surface area contributed by atoms with Crippen LogP contribution in [0, 0.1) is 20.8 Å². The second kappa shape index (κ2) is 4.47. The van der Waals surface area contributed by atoms with Crippen LogP contribution in [0.4, 0.5) is 0 Å². The maximum Gasteiger partial charge on any atom is 0.0897 e. The maximum absolute atomic E-state index is 4.71. The van der Waals surface area contributed by atoms with E-state index >= 15 is 0 Å². The van der Waals surface area contributed by atoms with E-state index in [1.807, 2.05) is 6.20 Å². The van der Waals surface area contributed by atoms with Crippen molar-refractivity contribution in [3.05, 3.63) is 59.3 Å². The smallest absolute Gasteiger partial charge is 0.0897 e. The number of nitrogens with zero attached hydrogens (tertiary/aromatic N) is 2. The highest BCUT2D eigenvalue weighted by Crippen LogP contribution is 2.21. The van der Waals surface area contributed by atoms with Crippen molar-refractivity contribution in [2.45, 2.75) is 20.8 Å². The van der Waals surface area contributed by atoms with Crippen LogP contribution in [0.15, 0.2) is 42.6 Å². The molecule has 2 nitrogen and oxygen atoms in total. The van der Waals surface area contributed by atoms with Crippen molar-refractivity contribution in [3.8, 4) is 11.3 Å². The van der Waals surface area contributed by atoms with Crippen LogP contribution in [0.5, 0.6) is 0 Å². The van der Waals surface area contributed by atoms with Gasteiger partial charge in [-0.05, 0) is 44.0 Å². The van der Waals surface area contributed by atoms with Crippen molar-refractivity contribution < 1.29 is 0 Å². The lowest BCUT2D eigenvalue weighted by Gasteiger charge is -2.06. The van der Waals surface area contributed by atoms with Gasteiger partial charge in [-0.25, -0.2) is 4.98 Å². The topological polar surface area (TPSA) is 25.8 Å². The summed E-state index contributed by atoms with van der Waals surface area (Å²) in [5.41, 5.74) is 7.71. The zero-order valence-electron chi connectivity index (χ0n) is 11.4. The van der Waals surface area contributed by atoms with Crippen molar-refractivity contribution in [1.29, 1.82) is 0 Å². The number of rotatable bonds is 1. The third-order valence-electron chi connectivity index (χ3n) is 3.51. The standard InChI is InChI=1S/C17H16N2/c1-11-4-6-14(7-5-11)17-10-18-15-8-12(2)13(3)9-16(15)19-17/h4-10H,1-3H3. The van der Waals surface area contributed by atoms with Crippen molar-refractivity contribution in [2.75, 3.05) is 0 Å². The van der Waals surface area contributed by atoms with E-state index in [0.717, 1.165) is 22.3 Å². The van der Waals surface area contributed by atoms with Crippen LogP contribution in [0.3, 0.4) is 0 Å². The first-order valence-corrected chi connectivity index (χ1v) is 6.44. The third kappa shape index (κ3) is 2.22. The minimum Gasteiger partial charge on any atom is -0.252 e. The average molecular weight is 248 g/mol. The maximum atomic E-state index is 4.71. The number of aryl methyl sites for hydroxylation is 3. The first-order valence-electron chi connectivity index (χ1n) is 6.44. The first-order chi connectivity index (χ1) is 9.13. The molecular formula is C17H16N2. The summed E-state index contributed by atoms with van der Waals surface area (Å²) < 4.78 is 0. The molecular weight excluding hydrogens is 232 g/mol. The zero-order valence-corrected chi connectivity index (χ0v) is 11.4. The molecule has 0 bridgehead atoms. The fourth-order valence-corrected chi connectivity index (χ4v) is 2.13. The van der Waals surface area contributed by atoms with Gasteiger partial charge < -0.3 is 0 Å². The fraction of sp³-hybridized carbons (Fsp3) is 0.176. The molecule has 0 spiro atoms. The molecule has 0 aliphatic heterocycles. The Morgan fingerprint density at radius 3 is 2.11 bits per heavy atom. The van der Waals surface area contributed by atoms with Gasteiger partial charge in [0.15, 0.2) is 0 Å². The number of hydrogen-bond donors (Lipinski definition) is 0. The van der Waals surface area contributed by atoms with Gasteiger partial charge in [-0.3, -0.25) is 4.98 Å². The van der Waals surface area contributed by atoms with E-state index in [4.69, 9.17) is 4.98 Å². The molecule has 2 heteroatoms. The summed E-state index contributed by atoms with van der Waals surface area (Å²) in [5.74, 6) is 0. The molecule has 94 valence electrons. The normalized spacial score (nSPS) is 10.9. The first kappa shape index (κ1) is 11.8. The van der Waals surface area contributed by atoms with E-state index in [9.17, 15) is 0 Å². The molecule has 1 aromatic heterocycles. The minimum absolute atomic E-state index is 0.927. The van der Waals surface area contributed by atoms with E-state index < -0.39 is 0 Å². The molecule has 0 aliphatic rings. The molecule has 3 aromatic rings. The lowest BCUT2D eigenvalue weighted by molar-refractivity contribution is 1.26. The number of benzene rings is 2. The van der Waals surface area contributed by atoms with Gasteiger partial charge in [-0.15, -0.1) is 0 Å². The van der Waals surface area contributed by atoms with Crippen molar-refractivity contribution in [1.82, 2.24) is 9.97 Å². The molecule has 0 fully saturated rings. The molecule has 1 heterocycles. The van der Waals surface area contributed by atoms with E-state index in [0.29, 0.717) is 0 Å². The number of fused-ring (bicyclic) bond motifs is 1. The largest absolute Gasteiger partial charge is 0.252 e. The lowest BCUT2D eigenvalue weighted by atomic mass is 10.1. The summed E-state index contributed by atoms with van der Waals surface area (Å²) in [6.45, 7) is 6.29. The van der Waals surface area contributed by atoms with E-state index in [1.165, 1.54) is 16.7 Å². The summed E-state index contributed by atoms with van der Waals surface area (Å²) in [6.07, 6.45) is 1.85. The summed E-state index contributed by atoms with van der Waals surface area (Å²) in [4.78, 5) is 9.23. The van der Waals surface area contributed by atoms with Gasteiger partial charge in [-0.1, -0.05) is 29.8 Å². The van der Waals surface area contributed by atoms with Crippen molar-refractivity contribution in [3.63, 3.8) is 0 Å². The van der Waals surface area contributed by atoms with E-state index in [2.05, 4.69) is 62.2 Å². The second-order valence-corrected chi connectivity index (χ2v) is 5.05. The molecule has 0 N–H and O–H groups in total. The molecule has 19 heavy (non-hydrogen) atoms. The van der Waals surface area contributed by atoms with Gasteiger partial charge in [0.1, 0.15) is 0 Å². The fourth-order valence-electron chi connectivity index (χ4n) is 2.13. The Kier molecular flexibility index (Phi) is 2.79. The molecule has 0 aliphatic carbocycles. The number of hydrogen-bond acceptors (Lipinski definition) is 2. The van der Waals surface area contributed by atoms with E-state index in [1.54, 1.807) is 0 Å². The molecule has 0 amide bonds. The summed E-state index contributed by atoms with van der Waals surface area (Å²) in [5, 5.41) is 0. The highest BCUT2D eigenvalue weighted by atomic mass is 14.8. The van der Waals surface area contributed by atoms with Crippen LogP contribution in [-0.4, -0.2) is 9.97 Å². The van der Waals surface area contributed by atoms with Crippen LogP contribution in [0.2, 0.25) is 0 Å². The Morgan fingerprint density at radius 1 is 0.789 bits per heavy atom. The Morgan fingerprint density at radius 2 is 1.42 bits per heavy atom. The van der Waals surface area contributed by atoms with Crippen molar-refractivity contribution in [2.24, 2.45) is 0 Å². The van der Waals surface area contributed by atoms with Crippen molar-refractivity contribution >= 4 is 11.0 Å². The Bertz CT molecular complexity index is 743. The minimum atomic E-state index is 0.927. The van der Waals surface area contributed by atoms with Crippen LogP contribution < -0.4 is 0 Å². The van der Waals surface area contributed by atoms with Crippen LogP contribution in [0.25, 0.3) is 22.3 Å². The van der Waals surface area contributed by atoms with Gasteiger partial charge in [-0.2, -0.15) is 0 Å². The van der Waals surface area contributed by atoms with Crippen LogP contribution in [0.1, 0.15) is 16.7 Å². The summed E-state index contributed by atoms with van der Waals surface area (Å²) >= 11 is 0. The van der Waals surface area contributed by atoms with E-state index in [-0.39, 0.29) is 0 Å². The predicted octanol–water partition coefficient (Wildman–Crippen LogP) is 4.22. The number of aromatic nitrogens is 2. The third-order valence-corrected chi connectivity index (χ3v) is 3.51. The SMILES string of the molecule is Cc1ccc(-c2cnc3cc(C)c(C)cc3n2)cc1.